The molecule has 0 saturated heterocycles. The Labute approximate surface area is 115 Å². The Kier molecular flexibility index (Phi) is 5.28. The third-order valence-electron chi connectivity index (χ3n) is 2.54. The van der Waals surface area contributed by atoms with Gasteiger partial charge >= 0.3 is 5.97 Å². The molecule has 0 bridgehead atoms. The van der Waals surface area contributed by atoms with Crippen LogP contribution in [0.1, 0.15) is 13.3 Å². The van der Waals surface area contributed by atoms with Crippen molar-refractivity contribution < 1.29 is 22.7 Å². The molecule has 1 atom stereocenters. The molecule has 1 aromatic rings. The number of carbonyl (C=O) groups is 1. The van der Waals surface area contributed by atoms with Gasteiger partial charge < -0.3 is 5.11 Å². The first-order valence-electron chi connectivity index (χ1n) is 5.45. The van der Waals surface area contributed by atoms with Gasteiger partial charge in [0.25, 0.3) is 0 Å². The molecule has 0 spiro atoms. The summed E-state index contributed by atoms with van der Waals surface area (Å²) in [7, 11) is -4.04. The summed E-state index contributed by atoms with van der Waals surface area (Å²) in [4.78, 5) is 10.4. The molecule has 0 aliphatic carbocycles. The van der Waals surface area contributed by atoms with Gasteiger partial charge in [-0.1, -0.05) is 18.5 Å². The molecule has 1 unspecified atom stereocenters. The van der Waals surface area contributed by atoms with E-state index in [1.54, 1.807) is 6.92 Å². The number of aliphatic carboxylic acids is 1. The maximum atomic E-state index is 13.0. The van der Waals surface area contributed by atoms with E-state index in [0.29, 0.717) is 0 Å². The molecule has 5 nitrogen and oxygen atoms in total. The Bertz CT molecular complexity index is 576. The standard InChI is InChI=1S/C11H13ClFNO4S/c1-2-7(11(15)16)6-14-19(17,18)10-5-8(13)3-4-9(10)12/h3-5,7,14H,2,6H2,1H3,(H,15,16). The number of sulfonamides is 1. The third-order valence-corrected chi connectivity index (χ3v) is 4.45. The lowest BCUT2D eigenvalue weighted by molar-refractivity contribution is -0.141. The fourth-order valence-corrected chi connectivity index (χ4v) is 2.97. The molecule has 106 valence electrons. The van der Waals surface area contributed by atoms with E-state index in [-0.39, 0.29) is 18.0 Å². The second-order valence-corrected chi connectivity index (χ2v) is 6.01. The van der Waals surface area contributed by atoms with Crippen LogP contribution in [0.25, 0.3) is 0 Å². The molecular weight excluding hydrogens is 297 g/mol. The largest absolute Gasteiger partial charge is 0.481 e. The normalized spacial score (nSPS) is 13.2. The summed E-state index contributed by atoms with van der Waals surface area (Å²) in [6, 6.07) is 2.94. The minimum atomic E-state index is -4.04. The van der Waals surface area contributed by atoms with E-state index in [2.05, 4.69) is 4.72 Å². The molecule has 0 saturated carbocycles. The second-order valence-electron chi connectivity index (χ2n) is 3.87. The first-order valence-corrected chi connectivity index (χ1v) is 7.31. The maximum Gasteiger partial charge on any atom is 0.307 e. The van der Waals surface area contributed by atoms with Crippen LogP contribution >= 0.6 is 11.6 Å². The van der Waals surface area contributed by atoms with Crippen molar-refractivity contribution in [2.75, 3.05) is 6.54 Å². The van der Waals surface area contributed by atoms with Crippen molar-refractivity contribution in [3.8, 4) is 0 Å². The van der Waals surface area contributed by atoms with E-state index in [9.17, 15) is 17.6 Å². The maximum absolute atomic E-state index is 13.0. The van der Waals surface area contributed by atoms with Gasteiger partial charge in [-0.15, -0.1) is 0 Å². The van der Waals surface area contributed by atoms with E-state index in [0.717, 1.165) is 18.2 Å². The van der Waals surface area contributed by atoms with E-state index in [4.69, 9.17) is 16.7 Å². The summed E-state index contributed by atoms with van der Waals surface area (Å²) in [5.74, 6) is -2.69. The monoisotopic (exact) mass is 309 g/mol. The zero-order chi connectivity index (χ0) is 14.6. The van der Waals surface area contributed by atoms with Gasteiger partial charge in [0.1, 0.15) is 10.7 Å². The molecule has 0 aliphatic rings. The number of carboxylic acid groups (broad SMARTS) is 1. The smallest absolute Gasteiger partial charge is 0.307 e. The third kappa shape index (κ3) is 4.15. The highest BCUT2D eigenvalue weighted by atomic mass is 35.5. The zero-order valence-electron chi connectivity index (χ0n) is 10.1. The van der Waals surface area contributed by atoms with Gasteiger partial charge in [-0.3, -0.25) is 4.79 Å². The number of carboxylic acids is 1. The van der Waals surface area contributed by atoms with Crippen molar-refractivity contribution in [2.24, 2.45) is 5.92 Å². The minimum Gasteiger partial charge on any atom is -0.481 e. The van der Waals surface area contributed by atoms with Gasteiger partial charge in [0.15, 0.2) is 0 Å². The van der Waals surface area contributed by atoms with Gasteiger partial charge in [0, 0.05) is 6.54 Å². The van der Waals surface area contributed by atoms with Gasteiger partial charge in [-0.05, 0) is 24.6 Å². The number of nitrogens with one attached hydrogen (secondary N) is 1. The number of hydrogen-bond acceptors (Lipinski definition) is 3. The van der Waals surface area contributed by atoms with Crippen LogP contribution in [0.5, 0.6) is 0 Å². The zero-order valence-corrected chi connectivity index (χ0v) is 11.6. The Balaban J connectivity index is 2.93. The highest BCUT2D eigenvalue weighted by Crippen LogP contribution is 2.22. The average molecular weight is 310 g/mol. The summed E-state index contributed by atoms with van der Waals surface area (Å²) >= 11 is 5.69. The summed E-state index contributed by atoms with van der Waals surface area (Å²) in [5, 5.41) is 8.69. The van der Waals surface area contributed by atoms with E-state index in [1.165, 1.54) is 0 Å². The topological polar surface area (TPSA) is 83.5 Å². The quantitative estimate of drug-likeness (QED) is 0.840. The summed E-state index contributed by atoms with van der Waals surface area (Å²) in [5.41, 5.74) is 0. The fraction of sp³-hybridized carbons (Fsp3) is 0.364. The lowest BCUT2D eigenvalue weighted by Gasteiger charge is -2.12. The van der Waals surface area contributed by atoms with Crippen molar-refractivity contribution in [2.45, 2.75) is 18.2 Å². The van der Waals surface area contributed by atoms with E-state index in [1.807, 2.05) is 0 Å². The van der Waals surface area contributed by atoms with E-state index >= 15 is 0 Å². The number of rotatable bonds is 6. The molecule has 0 aliphatic heterocycles. The lowest BCUT2D eigenvalue weighted by Crippen LogP contribution is -2.32. The Hall–Kier alpha value is -1.18. The molecule has 0 fully saturated rings. The van der Waals surface area contributed by atoms with Gasteiger partial charge in [0.2, 0.25) is 10.0 Å². The van der Waals surface area contributed by atoms with Gasteiger partial charge in [0.05, 0.1) is 10.9 Å². The van der Waals surface area contributed by atoms with Crippen LogP contribution < -0.4 is 4.72 Å². The van der Waals surface area contributed by atoms with Crippen molar-refractivity contribution in [3.63, 3.8) is 0 Å². The first kappa shape index (κ1) is 15.9. The van der Waals surface area contributed by atoms with Crippen LogP contribution in [-0.2, 0) is 14.8 Å². The highest BCUT2D eigenvalue weighted by Gasteiger charge is 2.22. The molecule has 1 rings (SSSR count). The number of hydrogen-bond donors (Lipinski definition) is 2. The average Bonchev–Trinajstić information content (AvgIpc) is 2.32. The van der Waals surface area contributed by atoms with Crippen molar-refractivity contribution >= 4 is 27.6 Å². The molecule has 0 amide bonds. The SMILES string of the molecule is CCC(CNS(=O)(=O)c1cc(F)ccc1Cl)C(=O)O. The molecule has 0 aromatic heterocycles. The predicted molar refractivity (Wildman–Crippen MR) is 68.0 cm³/mol. The lowest BCUT2D eigenvalue weighted by atomic mass is 10.1. The molecule has 8 heteroatoms. The molecule has 19 heavy (non-hydrogen) atoms. The highest BCUT2D eigenvalue weighted by molar-refractivity contribution is 7.89. The summed E-state index contributed by atoms with van der Waals surface area (Å²) < 4.78 is 38.9. The van der Waals surface area contributed by atoms with Crippen LogP contribution in [0.3, 0.4) is 0 Å². The summed E-state index contributed by atoms with van der Waals surface area (Å²) in [6.07, 6.45) is 0.273. The first-order chi connectivity index (χ1) is 8.77. The minimum absolute atomic E-state index is 0.128. The Morgan fingerprint density at radius 2 is 2.16 bits per heavy atom. The van der Waals surface area contributed by atoms with Gasteiger partial charge in [-0.25, -0.2) is 17.5 Å². The summed E-state index contributed by atoms with van der Waals surface area (Å²) in [6.45, 7) is 1.35. The molecule has 0 radical (unpaired) electrons. The van der Waals surface area contributed by atoms with Crippen LogP contribution in [-0.4, -0.2) is 26.0 Å². The molecule has 2 N–H and O–H groups in total. The number of benzene rings is 1. The second kappa shape index (κ2) is 6.31. The fourth-order valence-electron chi connectivity index (χ4n) is 1.38. The van der Waals surface area contributed by atoms with Crippen LogP contribution in [0.2, 0.25) is 5.02 Å². The molecular formula is C11H13ClFNO4S. The van der Waals surface area contributed by atoms with E-state index < -0.39 is 32.6 Å². The molecule has 1 aromatic carbocycles. The van der Waals surface area contributed by atoms with Crippen LogP contribution in [0.15, 0.2) is 23.1 Å². The van der Waals surface area contributed by atoms with Gasteiger partial charge in [-0.2, -0.15) is 0 Å². The van der Waals surface area contributed by atoms with Crippen LogP contribution in [0, 0.1) is 11.7 Å². The Morgan fingerprint density at radius 3 is 2.68 bits per heavy atom. The Morgan fingerprint density at radius 1 is 1.53 bits per heavy atom. The molecule has 0 heterocycles. The predicted octanol–water partition coefficient (Wildman–Crippen LogP) is 1.87. The van der Waals surface area contributed by atoms with Crippen molar-refractivity contribution in [1.29, 1.82) is 0 Å². The number of halogens is 2. The van der Waals surface area contributed by atoms with Crippen LogP contribution in [0.4, 0.5) is 4.39 Å². The van der Waals surface area contributed by atoms with Crippen molar-refractivity contribution in [3.05, 3.63) is 29.0 Å². The van der Waals surface area contributed by atoms with Crippen molar-refractivity contribution in [1.82, 2.24) is 4.72 Å².